The monoisotopic (exact) mass is 548 g/mol. The van der Waals surface area contributed by atoms with Crippen LogP contribution in [0.25, 0.3) is 0 Å². The van der Waals surface area contributed by atoms with Crippen molar-refractivity contribution in [2.75, 3.05) is 0 Å². The van der Waals surface area contributed by atoms with Crippen LogP contribution in [-0.4, -0.2) is 8.07 Å². The first-order chi connectivity index (χ1) is 10.3. The Balaban J connectivity index is 0.00000288. The summed E-state index contributed by atoms with van der Waals surface area (Å²) < 4.78 is 0. The molecular formula is C20H30Cl2HfSi. The third-order valence-corrected chi connectivity index (χ3v) is 15.7. The van der Waals surface area contributed by atoms with Crippen molar-refractivity contribution in [1.29, 1.82) is 0 Å². The molecule has 0 aromatic rings. The van der Waals surface area contributed by atoms with Crippen LogP contribution in [-0.2, 0) is 25.8 Å². The van der Waals surface area contributed by atoms with Crippen molar-refractivity contribution in [1.82, 2.24) is 0 Å². The van der Waals surface area contributed by atoms with Gasteiger partial charge < -0.3 is 0 Å². The average molecular weight is 548 g/mol. The van der Waals surface area contributed by atoms with E-state index in [9.17, 15) is 0 Å². The Labute approximate surface area is 178 Å². The zero-order valence-corrected chi connectivity index (χ0v) is 22.9. The summed E-state index contributed by atoms with van der Waals surface area (Å²) >= 11 is 13.9. The van der Waals surface area contributed by atoms with Crippen molar-refractivity contribution in [3.63, 3.8) is 0 Å². The first kappa shape index (κ1) is 22.7. The standard InChI is InChI=1S/C20H30Cl2Si.Hf/c1-11-13(3)17(21)19(7,15(11)5)23(9,10)20(8)16(6)12(2)14(4)18(20)22;/h1-10H3;. The smallest absolute Gasteiger partial charge is 0.0814 e. The number of rotatable bonds is 2. The van der Waals surface area contributed by atoms with E-state index in [1.165, 1.54) is 33.4 Å². The SMILES string of the molecule is CC1=C(C)C(C)([Si](C)(C)C2(C)C(C)=C(C)C(C)=C2Cl)C(Cl)=C1C.[Hf]. The summed E-state index contributed by atoms with van der Waals surface area (Å²) in [5.74, 6) is 0. The Hall–Kier alpha value is 0.627. The topological polar surface area (TPSA) is 0 Å². The molecule has 2 aliphatic rings. The minimum absolute atomic E-state index is 0. The van der Waals surface area contributed by atoms with Crippen LogP contribution >= 0.6 is 23.2 Å². The summed E-state index contributed by atoms with van der Waals surface area (Å²) in [4.78, 5) is 0. The van der Waals surface area contributed by atoms with Crippen LogP contribution in [0.2, 0.25) is 23.2 Å². The van der Waals surface area contributed by atoms with Gasteiger partial charge in [-0.15, -0.1) is 0 Å². The number of hydrogen-bond donors (Lipinski definition) is 0. The van der Waals surface area contributed by atoms with Crippen LogP contribution in [0.5, 0.6) is 0 Å². The second-order valence-corrected chi connectivity index (χ2v) is 14.3. The molecule has 0 aromatic heterocycles. The van der Waals surface area contributed by atoms with Crippen LogP contribution in [0.4, 0.5) is 0 Å². The first-order valence-electron chi connectivity index (χ1n) is 8.38. The van der Waals surface area contributed by atoms with Crippen LogP contribution in [0.1, 0.15) is 55.4 Å². The molecule has 2 atom stereocenters. The molecule has 0 heterocycles. The maximum atomic E-state index is 6.95. The Morgan fingerprint density at radius 2 is 0.875 bits per heavy atom. The summed E-state index contributed by atoms with van der Waals surface area (Å²) in [6.45, 7) is 22.9. The molecule has 0 saturated heterocycles. The van der Waals surface area contributed by atoms with Crippen LogP contribution in [0.3, 0.4) is 0 Å². The van der Waals surface area contributed by atoms with Gasteiger partial charge in [0, 0.05) is 46.0 Å². The number of hydrogen-bond acceptors (Lipinski definition) is 0. The average Bonchev–Trinajstić information content (AvgIpc) is 2.76. The molecule has 0 spiro atoms. The fraction of sp³-hybridized carbons (Fsp3) is 0.600. The first-order valence-corrected chi connectivity index (χ1v) is 12.1. The molecule has 0 bridgehead atoms. The summed E-state index contributed by atoms with van der Waals surface area (Å²) in [6.07, 6.45) is 0. The van der Waals surface area contributed by atoms with Gasteiger partial charge in [-0.25, -0.2) is 0 Å². The molecule has 24 heavy (non-hydrogen) atoms. The van der Waals surface area contributed by atoms with Gasteiger partial charge in [0.1, 0.15) is 0 Å². The zero-order valence-electron chi connectivity index (χ0n) is 16.8. The van der Waals surface area contributed by atoms with Gasteiger partial charge in [-0.3, -0.25) is 0 Å². The second-order valence-electron chi connectivity index (χ2n) is 8.25. The van der Waals surface area contributed by atoms with Crippen molar-refractivity contribution < 1.29 is 25.8 Å². The molecule has 0 fully saturated rings. The van der Waals surface area contributed by atoms with E-state index in [2.05, 4.69) is 68.5 Å². The number of halogens is 2. The van der Waals surface area contributed by atoms with Gasteiger partial charge in [0.05, 0.1) is 8.07 Å². The van der Waals surface area contributed by atoms with Gasteiger partial charge in [0.25, 0.3) is 0 Å². The van der Waals surface area contributed by atoms with Gasteiger partial charge in [0.15, 0.2) is 0 Å². The molecule has 0 nitrogen and oxygen atoms in total. The maximum absolute atomic E-state index is 6.95. The molecule has 0 amide bonds. The van der Waals surface area contributed by atoms with Gasteiger partial charge in [-0.1, -0.05) is 61.3 Å². The van der Waals surface area contributed by atoms with Crippen LogP contribution in [0.15, 0.2) is 43.5 Å². The Morgan fingerprint density at radius 1 is 0.625 bits per heavy atom. The quantitative estimate of drug-likeness (QED) is 0.308. The van der Waals surface area contributed by atoms with E-state index in [0.717, 1.165) is 10.1 Å². The number of allylic oxidation sites excluding steroid dienone is 8. The van der Waals surface area contributed by atoms with Crippen molar-refractivity contribution in [2.24, 2.45) is 0 Å². The molecule has 2 aliphatic carbocycles. The van der Waals surface area contributed by atoms with E-state index < -0.39 is 8.07 Å². The predicted molar refractivity (Wildman–Crippen MR) is 108 cm³/mol. The Morgan fingerprint density at radius 3 is 1.04 bits per heavy atom. The molecular weight excluding hydrogens is 518 g/mol. The third-order valence-electron chi connectivity index (χ3n) is 7.79. The van der Waals surface area contributed by atoms with Gasteiger partial charge in [-0.05, 0) is 63.8 Å². The minimum atomic E-state index is -2.00. The summed E-state index contributed by atoms with van der Waals surface area (Å²) in [5.41, 5.74) is 8.08. The molecule has 0 aliphatic heterocycles. The molecule has 0 radical (unpaired) electrons. The summed E-state index contributed by atoms with van der Waals surface area (Å²) in [7, 11) is -2.00. The zero-order chi connectivity index (χ0) is 18.1. The molecule has 0 aromatic carbocycles. The van der Waals surface area contributed by atoms with E-state index in [1.54, 1.807) is 0 Å². The Bertz CT molecular complexity index is 612. The van der Waals surface area contributed by atoms with Gasteiger partial charge >= 0.3 is 0 Å². The van der Waals surface area contributed by atoms with Gasteiger partial charge in [0.2, 0.25) is 0 Å². The third kappa shape index (κ3) is 2.38. The predicted octanol–water partition coefficient (Wildman–Crippen LogP) is 7.94. The van der Waals surface area contributed by atoms with Crippen LogP contribution < -0.4 is 0 Å². The van der Waals surface area contributed by atoms with Crippen LogP contribution in [0, 0.1) is 0 Å². The summed E-state index contributed by atoms with van der Waals surface area (Å²) in [5, 5.41) is 1.91. The molecule has 2 rings (SSSR count). The van der Waals surface area contributed by atoms with Crippen molar-refractivity contribution in [2.45, 2.75) is 78.6 Å². The molecule has 2 unspecified atom stereocenters. The molecule has 0 N–H and O–H groups in total. The second kappa shape index (κ2) is 6.66. The maximum Gasteiger partial charge on any atom is 0.0814 e. The fourth-order valence-corrected chi connectivity index (χ4v) is 11.4. The van der Waals surface area contributed by atoms with E-state index >= 15 is 0 Å². The van der Waals surface area contributed by atoms with E-state index in [1.807, 2.05) is 0 Å². The molecule has 4 heteroatoms. The van der Waals surface area contributed by atoms with Crippen molar-refractivity contribution in [3.05, 3.63) is 43.5 Å². The minimum Gasteiger partial charge on any atom is -0.0882 e. The fourth-order valence-electron chi connectivity index (χ4n) is 4.71. The summed E-state index contributed by atoms with van der Waals surface area (Å²) in [6, 6.07) is 0. The normalized spacial score (nSPS) is 31.5. The van der Waals surface area contributed by atoms with Crippen molar-refractivity contribution >= 4 is 31.3 Å². The van der Waals surface area contributed by atoms with Crippen molar-refractivity contribution in [3.8, 4) is 0 Å². The Kier molecular flexibility index (Phi) is 6.29. The van der Waals surface area contributed by atoms with E-state index in [-0.39, 0.29) is 35.9 Å². The molecule has 132 valence electrons. The molecule has 0 saturated carbocycles. The van der Waals surface area contributed by atoms with Gasteiger partial charge in [-0.2, -0.15) is 0 Å². The largest absolute Gasteiger partial charge is 0.0882 e. The van der Waals surface area contributed by atoms with E-state index in [4.69, 9.17) is 23.2 Å². The van der Waals surface area contributed by atoms with E-state index in [0.29, 0.717) is 0 Å².